The van der Waals surface area contributed by atoms with Crippen molar-refractivity contribution in [3.8, 4) is 0 Å². The lowest BCUT2D eigenvalue weighted by Gasteiger charge is -2.32. The molecular weight excluding hydrogens is 373 g/mol. The maximum atomic E-state index is 13.6. The van der Waals surface area contributed by atoms with Gasteiger partial charge in [0, 0.05) is 13.0 Å². The normalized spacial score (nSPS) is 19.7. The molecule has 142 valence electrons. The van der Waals surface area contributed by atoms with Gasteiger partial charge in [-0.1, -0.05) is 24.9 Å². The summed E-state index contributed by atoms with van der Waals surface area (Å²) >= 11 is 6.19. The molecule has 2 N–H and O–H groups in total. The zero-order valence-electron chi connectivity index (χ0n) is 13.9. The minimum Gasteiger partial charge on any atom is -0.467 e. The summed E-state index contributed by atoms with van der Waals surface area (Å²) in [6, 6.07) is 0.543. The average Bonchev–Trinajstić information content (AvgIpc) is 3.22. The highest BCUT2D eigenvalue weighted by Crippen LogP contribution is 2.46. The van der Waals surface area contributed by atoms with Gasteiger partial charge < -0.3 is 15.1 Å². The number of carbonyl (C=O) groups excluding carboxylic acids is 1. The molecule has 2 atom stereocenters. The van der Waals surface area contributed by atoms with Crippen LogP contribution in [0.2, 0.25) is 5.02 Å². The van der Waals surface area contributed by atoms with Gasteiger partial charge in [0.15, 0.2) is 11.7 Å². The van der Waals surface area contributed by atoms with Crippen LogP contribution in [-0.2, 0) is 0 Å². The van der Waals surface area contributed by atoms with E-state index in [0.29, 0.717) is 12.3 Å². The van der Waals surface area contributed by atoms with Crippen molar-refractivity contribution < 1.29 is 22.4 Å². The zero-order chi connectivity index (χ0) is 18.9. The van der Waals surface area contributed by atoms with Gasteiger partial charge in [-0.05, 0) is 18.6 Å². The molecule has 0 saturated carbocycles. The van der Waals surface area contributed by atoms with Crippen molar-refractivity contribution >= 4 is 23.3 Å². The second-order valence-electron chi connectivity index (χ2n) is 6.07. The van der Waals surface area contributed by atoms with E-state index in [1.54, 1.807) is 12.1 Å². The fraction of sp³-hybridized carbons (Fsp3) is 0.500. The number of halogens is 4. The first-order valence-electron chi connectivity index (χ1n) is 8.25. The second-order valence-corrected chi connectivity index (χ2v) is 6.45. The van der Waals surface area contributed by atoms with Crippen molar-refractivity contribution in [3.05, 3.63) is 34.9 Å². The average molecular weight is 391 g/mol. The van der Waals surface area contributed by atoms with Gasteiger partial charge in [0.1, 0.15) is 16.6 Å². The summed E-state index contributed by atoms with van der Waals surface area (Å²) < 4.78 is 46.7. The number of nitrogens with one attached hydrogen (secondary N) is 2. The lowest BCUT2D eigenvalue weighted by atomic mass is 10.0. The van der Waals surface area contributed by atoms with Crippen LogP contribution in [0.5, 0.6) is 0 Å². The van der Waals surface area contributed by atoms with Crippen molar-refractivity contribution in [2.24, 2.45) is 0 Å². The Kier molecular flexibility index (Phi) is 5.17. The van der Waals surface area contributed by atoms with Gasteiger partial charge in [-0.15, -0.1) is 0 Å². The van der Waals surface area contributed by atoms with E-state index in [4.69, 9.17) is 16.0 Å². The number of anilines is 1. The van der Waals surface area contributed by atoms with Crippen LogP contribution in [0, 0.1) is 0 Å². The zero-order valence-corrected chi connectivity index (χ0v) is 14.7. The lowest BCUT2D eigenvalue weighted by Crippen LogP contribution is -2.35. The minimum absolute atomic E-state index is 0.0396. The molecule has 0 aliphatic carbocycles. The fourth-order valence-corrected chi connectivity index (χ4v) is 3.14. The molecule has 0 aromatic carbocycles. The molecule has 2 aromatic rings. The van der Waals surface area contributed by atoms with Gasteiger partial charge in [-0.3, -0.25) is 4.79 Å². The van der Waals surface area contributed by atoms with Crippen LogP contribution in [-0.4, -0.2) is 28.4 Å². The Bertz CT molecular complexity index is 773. The topological polar surface area (TPSA) is 72.1 Å². The molecule has 0 spiro atoms. The summed E-state index contributed by atoms with van der Waals surface area (Å²) in [5.41, 5.74) is -0.223. The third kappa shape index (κ3) is 3.53. The van der Waals surface area contributed by atoms with Crippen molar-refractivity contribution in [3.63, 3.8) is 0 Å². The summed E-state index contributed by atoms with van der Waals surface area (Å²) in [6.45, 7) is 2.36. The summed E-state index contributed by atoms with van der Waals surface area (Å²) in [4.78, 5) is 12.2. The number of aromatic nitrogens is 2. The largest absolute Gasteiger partial charge is 0.467 e. The molecule has 1 aliphatic heterocycles. The van der Waals surface area contributed by atoms with E-state index >= 15 is 0 Å². The van der Waals surface area contributed by atoms with Gasteiger partial charge in [-0.2, -0.15) is 18.3 Å². The van der Waals surface area contributed by atoms with Gasteiger partial charge in [-0.25, -0.2) is 4.68 Å². The van der Waals surface area contributed by atoms with Gasteiger partial charge in [0.05, 0.1) is 12.3 Å². The highest BCUT2D eigenvalue weighted by atomic mass is 35.5. The van der Waals surface area contributed by atoms with Gasteiger partial charge >= 0.3 is 6.18 Å². The highest BCUT2D eigenvalue weighted by Gasteiger charge is 2.48. The van der Waals surface area contributed by atoms with Crippen molar-refractivity contribution in [1.29, 1.82) is 0 Å². The monoisotopic (exact) mass is 390 g/mol. The van der Waals surface area contributed by atoms with Gasteiger partial charge in [0.2, 0.25) is 0 Å². The van der Waals surface area contributed by atoms with Crippen LogP contribution in [0.15, 0.2) is 22.8 Å². The number of carbonyl (C=O) groups is 1. The molecule has 10 heteroatoms. The number of amides is 1. The van der Waals surface area contributed by atoms with Gasteiger partial charge in [0.25, 0.3) is 5.91 Å². The molecule has 1 aliphatic rings. The third-order valence-corrected chi connectivity index (χ3v) is 4.57. The van der Waals surface area contributed by atoms with Crippen LogP contribution in [0.3, 0.4) is 0 Å². The predicted octanol–water partition coefficient (Wildman–Crippen LogP) is 4.32. The maximum absolute atomic E-state index is 13.6. The Hall–Kier alpha value is -2.16. The molecule has 0 radical (unpaired) electrons. The smallest absolute Gasteiger partial charge is 0.410 e. The number of fused-ring (bicyclic) bond motifs is 1. The Morgan fingerprint density at radius 2 is 2.31 bits per heavy atom. The Balaban J connectivity index is 1.95. The molecule has 26 heavy (non-hydrogen) atoms. The number of hydrogen-bond acceptors (Lipinski definition) is 4. The maximum Gasteiger partial charge on any atom is 0.410 e. The van der Waals surface area contributed by atoms with E-state index in [-0.39, 0.29) is 23.0 Å². The molecule has 2 unspecified atom stereocenters. The molecule has 2 aromatic heterocycles. The van der Waals surface area contributed by atoms with E-state index < -0.39 is 24.2 Å². The van der Waals surface area contributed by atoms with E-state index in [1.807, 2.05) is 6.92 Å². The van der Waals surface area contributed by atoms with Crippen molar-refractivity contribution in [2.45, 2.75) is 44.4 Å². The number of alkyl halides is 3. The standard InChI is InChI=1S/C16H18ClF3N4O2/c1-2-3-6-21-15(25)13-12(17)14-22-9(10-5-4-7-26-10)8-11(16(18,19)20)24(14)23-13/h4-5,7,9,11,22H,2-3,6,8H2,1H3,(H,21,25). The number of unbranched alkanes of at least 4 members (excludes halogenated alkanes) is 1. The molecule has 3 heterocycles. The van der Waals surface area contributed by atoms with Crippen LogP contribution >= 0.6 is 11.6 Å². The highest BCUT2D eigenvalue weighted by molar-refractivity contribution is 6.36. The van der Waals surface area contributed by atoms with E-state index in [9.17, 15) is 18.0 Å². The second kappa shape index (κ2) is 7.22. The Morgan fingerprint density at radius 3 is 2.92 bits per heavy atom. The lowest BCUT2D eigenvalue weighted by molar-refractivity contribution is -0.174. The first kappa shape index (κ1) is 18.6. The molecule has 0 fully saturated rings. The van der Waals surface area contributed by atoms with E-state index in [2.05, 4.69) is 15.7 Å². The molecule has 6 nitrogen and oxygen atoms in total. The van der Waals surface area contributed by atoms with Crippen LogP contribution in [0.25, 0.3) is 0 Å². The van der Waals surface area contributed by atoms with E-state index in [1.165, 1.54) is 6.26 Å². The first-order valence-corrected chi connectivity index (χ1v) is 8.63. The number of furan rings is 1. The van der Waals surface area contributed by atoms with Crippen LogP contribution in [0.4, 0.5) is 19.0 Å². The summed E-state index contributed by atoms with van der Waals surface area (Å²) in [5, 5.41) is 9.24. The molecule has 1 amide bonds. The quantitative estimate of drug-likeness (QED) is 0.746. The molecular formula is C16H18ClF3N4O2. The number of nitrogens with zero attached hydrogens (tertiary/aromatic N) is 2. The molecule has 0 bridgehead atoms. The summed E-state index contributed by atoms with van der Waals surface area (Å²) in [5.74, 6) is -0.276. The van der Waals surface area contributed by atoms with Crippen LogP contribution in [0.1, 0.15) is 54.5 Å². The van der Waals surface area contributed by atoms with Crippen LogP contribution < -0.4 is 10.6 Å². The fourth-order valence-electron chi connectivity index (χ4n) is 2.87. The van der Waals surface area contributed by atoms with Crippen molar-refractivity contribution in [2.75, 3.05) is 11.9 Å². The minimum atomic E-state index is -4.55. The number of rotatable bonds is 5. The van der Waals surface area contributed by atoms with Crippen molar-refractivity contribution in [1.82, 2.24) is 15.1 Å². The summed E-state index contributed by atoms with van der Waals surface area (Å²) in [7, 11) is 0. The predicted molar refractivity (Wildman–Crippen MR) is 89.3 cm³/mol. The Labute approximate surface area is 152 Å². The molecule has 3 rings (SSSR count). The molecule has 0 saturated heterocycles. The number of hydrogen-bond donors (Lipinski definition) is 2. The SMILES string of the molecule is CCCCNC(=O)c1nn2c(c1Cl)NC(c1ccco1)CC2C(F)(F)F. The van der Waals surface area contributed by atoms with E-state index in [0.717, 1.165) is 17.5 Å². The first-order chi connectivity index (χ1) is 12.3. The Morgan fingerprint density at radius 1 is 1.54 bits per heavy atom. The summed E-state index contributed by atoms with van der Waals surface area (Å²) in [6.07, 6.45) is -1.86. The third-order valence-electron chi connectivity index (χ3n) is 4.21.